The molecule has 0 bridgehead atoms. The quantitative estimate of drug-likeness (QED) is 0.473. The minimum Gasteiger partial charge on any atom is -0.497 e. The van der Waals surface area contributed by atoms with Crippen LogP contribution in [-0.2, 0) is 6.54 Å². The highest BCUT2D eigenvalue weighted by molar-refractivity contribution is 6.31. The Morgan fingerprint density at radius 1 is 1.10 bits per heavy atom. The zero-order valence-electron chi connectivity index (χ0n) is 15.9. The van der Waals surface area contributed by atoms with Gasteiger partial charge in [-0.05, 0) is 48.0 Å². The molecule has 6 nitrogen and oxygen atoms in total. The van der Waals surface area contributed by atoms with Gasteiger partial charge in [0.2, 0.25) is 5.76 Å². The highest BCUT2D eigenvalue weighted by Crippen LogP contribution is 2.39. The first-order chi connectivity index (χ1) is 14.6. The van der Waals surface area contributed by atoms with Crippen molar-refractivity contribution in [1.29, 1.82) is 0 Å². The molecule has 4 aromatic rings. The largest absolute Gasteiger partial charge is 0.497 e. The van der Waals surface area contributed by atoms with Gasteiger partial charge in [0.05, 0.1) is 36.9 Å². The molecule has 0 aliphatic carbocycles. The van der Waals surface area contributed by atoms with Gasteiger partial charge >= 0.3 is 0 Å². The molecule has 2 aromatic heterocycles. The van der Waals surface area contributed by atoms with Crippen LogP contribution >= 0.6 is 11.6 Å². The Kier molecular flexibility index (Phi) is 4.37. The molecular formula is C23H16ClNO5. The third kappa shape index (κ3) is 2.88. The second kappa shape index (κ2) is 7.07. The van der Waals surface area contributed by atoms with Crippen molar-refractivity contribution in [3.05, 3.63) is 98.8 Å². The summed E-state index contributed by atoms with van der Waals surface area (Å²) in [7, 11) is 1.58. The van der Waals surface area contributed by atoms with Crippen LogP contribution in [-0.4, -0.2) is 17.9 Å². The van der Waals surface area contributed by atoms with E-state index in [1.807, 2.05) is 12.1 Å². The van der Waals surface area contributed by atoms with Crippen molar-refractivity contribution in [2.24, 2.45) is 0 Å². The van der Waals surface area contributed by atoms with Crippen molar-refractivity contribution >= 4 is 28.5 Å². The number of fused-ring (bicyclic) bond motifs is 2. The number of amides is 1. The summed E-state index contributed by atoms with van der Waals surface area (Å²) in [5.74, 6) is 0.964. The Morgan fingerprint density at radius 2 is 1.90 bits per heavy atom. The van der Waals surface area contributed by atoms with E-state index in [0.29, 0.717) is 33.1 Å². The topological polar surface area (TPSA) is 72.9 Å². The third-order valence-corrected chi connectivity index (χ3v) is 5.50. The second-order valence-electron chi connectivity index (χ2n) is 7.00. The molecule has 1 aliphatic heterocycles. The van der Waals surface area contributed by atoms with Crippen LogP contribution in [0.4, 0.5) is 0 Å². The number of methoxy groups -OCH3 is 1. The maximum absolute atomic E-state index is 13.4. The van der Waals surface area contributed by atoms with E-state index in [0.717, 1.165) is 5.56 Å². The maximum Gasteiger partial charge on any atom is 0.291 e. The maximum atomic E-state index is 13.4. The zero-order valence-corrected chi connectivity index (χ0v) is 16.7. The average Bonchev–Trinajstić information content (AvgIpc) is 3.37. The number of halogens is 1. The molecule has 0 N–H and O–H groups in total. The summed E-state index contributed by atoms with van der Waals surface area (Å²) < 4.78 is 16.6. The normalized spacial score (nSPS) is 15.6. The van der Waals surface area contributed by atoms with Crippen LogP contribution in [0.25, 0.3) is 11.0 Å². The van der Waals surface area contributed by atoms with Gasteiger partial charge in [-0.25, -0.2) is 0 Å². The van der Waals surface area contributed by atoms with Gasteiger partial charge in [-0.15, -0.1) is 0 Å². The lowest BCUT2D eigenvalue weighted by molar-refractivity contribution is 0.0701. The second-order valence-corrected chi connectivity index (χ2v) is 7.44. The lowest BCUT2D eigenvalue weighted by Crippen LogP contribution is -2.29. The number of furan rings is 1. The fourth-order valence-corrected chi connectivity index (χ4v) is 4.03. The number of ether oxygens (including phenoxy) is 1. The molecule has 0 fully saturated rings. The van der Waals surface area contributed by atoms with E-state index >= 15 is 0 Å². The van der Waals surface area contributed by atoms with E-state index in [9.17, 15) is 9.59 Å². The molecule has 0 spiro atoms. The van der Waals surface area contributed by atoms with E-state index in [1.165, 1.54) is 0 Å². The first-order valence-corrected chi connectivity index (χ1v) is 9.68. The molecule has 2 aromatic carbocycles. The zero-order chi connectivity index (χ0) is 20.8. The monoisotopic (exact) mass is 421 g/mol. The van der Waals surface area contributed by atoms with Crippen LogP contribution in [0.3, 0.4) is 0 Å². The number of carbonyl (C=O) groups is 1. The molecule has 3 heterocycles. The number of hydrogen-bond donors (Lipinski definition) is 0. The van der Waals surface area contributed by atoms with Crippen molar-refractivity contribution in [2.45, 2.75) is 12.6 Å². The molecule has 0 radical (unpaired) electrons. The summed E-state index contributed by atoms with van der Waals surface area (Å²) in [5.41, 5.74) is 1.12. The third-order valence-electron chi connectivity index (χ3n) is 5.27. The summed E-state index contributed by atoms with van der Waals surface area (Å²) in [6.45, 7) is 0.198. The number of rotatable bonds is 4. The van der Waals surface area contributed by atoms with Crippen molar-refractivity contribution in [3.8, 4) is 5.75 Å². The van der Waals surface area contributed by atoms with Crippen LogP contribution in [0.15, 0.2) is 74.5 Å². The first-order valence-electron chi connectivity index (χ1n) is 9.30. The fourth-order valence-electron chi connectivity index (χ4n) is 3.86. The van der Waals surface area contributed by atoms with Gasteiger partial charge in [0.25, 0.3) is 5.91 Å². The van der Waals surface area contributed by atoms with Gasteiger partial charge < -0.3 is 18.5 Å². The summed E-state index contributed by atoms with van der Waals surface area (Å²) in [5, 5.41) is 0.764. The van der Waals surface area contributed by atoms with Crippen LogP contribution < -0.4 is 10.2 Å². The van der Waals surface area contributed by atoms with Gasteiger partial charge in [0.1, 0.15) is 17.1 Å². The Morgan fingerprint density at radius 3 is 2.60 bits per heavy atom. The summed E-state index contributed by atoms with van der Waals surface area (Å²) >= 11 is 6.10. The lowest BCUT2D eigenvalue weighted by atomic mass is 9.98. The molecule has 0 unspecified atom stereocenters. The highest BCUT2D eigenvalue weighted by atomic mass is 35.5. The van der Waals surface area contributed by atoms with Crippen LogP contribution in [0.5, 0.6) is 5.75 Å². The number of benzene rings is 2. The van der Waals surface area contributed by atoms with Gasteiger partial charge in [0.15, 0.2) is 5.43 Å². The summed E-state index contributed by atoms with van der Waals surface area (Å²) in [6.07, 6.45) is 1.55. The molecule has 0 saturated heterocycles. The van der Waals surface area contributed by atoms with Gasteiger partial charge in [-0.1, -0.05) is 23.7 Å². The summed E-state index contributed by atoms with van der Waals surface area (Å²) in [6, 6.07) is 15.0. The smallest absolute Gasteiger partial charge is 0.291 e. The molecule has 1 atom stereocenters. The fraction of sp³-hybridized carbons (Fsp3) is 0.130. The van der Waals surface area contributed by atoms with Crippen molar-refractivity contribution < 1.29 is 18.4 Å². The average molecular weight is 422 g/mol. The first kappa shape index (κ1) is 18.5. The standard InChI is InChI=1S/C23H16ClNO5/c1-28-15-7-4-13(5-8-15)20-19-21(26)17-11-14(24)6-9-18(17)30-22(19)23(27)25(20)12-16-3-2-10-29-16/h2-11,20H,12H2,1H3/t20-/m1/s1. The van der Waals surface area contributed by atoms with Crippen LogP contribution in [0.1, 0.15) is 33.5 Å². The van der Waals surface area contributed by atoms with Crippen molar-refractivity contribution in [1.82, 2.24) is 4.90 Å². The Balaban J connectivity index is 1.73. The van der Waals surface area contributed by atoms with E-state index < -0.39 is 6.04 Å². The minimum atomic E-state index is -0.622. The number of hydrogen-bond acceptors (Lipinski definition) is 5. The highest BCUT2D eigenvalue weighted by Gasteiger charge is 2.43. The molecule has 0 saturated carbocycles. The van der Waals surface area contributed by atoms with Gasteiger partial charge in [-0.2, -0.15) is 0 Å². The summed E-state index contributed by atoms with van der Waals surface area (Å²) in [4.78, 5) is 28.3. The number of carbonyl (C=O) groups excluding carboxylic acids is 1. The van der Waals surface area contributed by atoms with E-state index in [1.54, 1.807) is 60.7 Å². The SMILES string of the molecule is COc1ccc([C@@H]2c3c(oc4ccc(Cl)cc4c3=O)C(=O)N2Cc2ccco2)cc1. The van der Waals surface area contributed by atoms with Crippen LogP contribution in [0.2, 0.25) is 5.02 Å². The molecule has 150 valence electrons. The molecule has 1 amide bonds. The minimum absolute atomic E-state index is 0.0437. The molecule has 7 heteroatoms. The predicted molar refractivity (Wildman–Crippen MR) is 111 cm³/mol. The van der Waals surface area contributed by atoms with E-state index in [-0.39, 0.29) is 23.6 Å². The number of nitrogens with zero attached hydrogens (tertiary/aromatic N) is 1. The van der Waals surface area contributed by atoms with Crippen molar-refractivity contribution in [3.63, 3.8) is 0 Å². The molecule has 1 aliphatic rings. The molecule has 30 heavy (non-hydrogen) atoms. The van der Waals surface area contributed by atoms with Crippen LogP contribution in [0, 0.1) is 0 Å². The van der Waals surface area contributed by atoms with Gasteiger partial charge in [0, 0.05) is 5.02 Å². The Labute approximate surface area is 176 Å². The lowest BCUT2D eigenvalue weighted by Gasteiger charge is -2.24. The van der Waals surface area contributed by atoms with Crippen molar-refractivity contribution in [2.75, 3.05) is 7.11 Å². The molecular weight excluding hydrogens is 406 g/mol. The Hall–Kier alpha value is -3.51. The van der Waals surface area contributed by atoms with E-state index in [4.69, 9.17) is 25.2 Å². The van der Waals surface area contributed by atoms with Gasteiger partial charge in [-0.3, -0.25) is 9.59 Å². The molecule has 5 rings (SSSR count). The Bertz CT molecular complexity index is 1310. The predicted octanol–water partition coefficient (Wildman–Crippen LogP) is 4.79. The van der Waals surface area contributed by atoms with E-state index in [2.05, 4.69) is 0 Å².